The molecule has 0 unspecified atom stereocenters. The van der Waals surface area contributed by atoms with E-state index in [2.05, 4.69) is 15.2 Å². The molecule has 7 nitrogen and oxygen atoms in total. The van der Waals surface area contributed by atoms with Gasteiger partial charge >= 0.3 is 5.97 Å². The molecular formula is C13H21N3O4. The van der Waals surface area contributed by atoms with E-state index in [1.54, 1.807) is 19.9 Å². The maximum Gasteiger partial charge on any atom is 0.309 e. The Labute approximate surface area is 118 Å². The molecule has 1 aromatic rings. The fraction of sp³-hybridized carbons (Fsp3) is 0.615. The predicted octanol–water partition coefficient (Wildman–Crippen LogP) is 1.05. The topological polar surface area (TPSA) is 84.7 Å². The van der Waals surface area contributed by atoms with Crippen LogP contribution in [0.1, 0.15) is 19.5 Å². The lowest BCUT2D eigenvalue weighted by Gasteiger charge is -2.22. The van der Waals surface area contributed by atoms with Gasteiger partial charge in [0.2, 0.25) is 11.8 Å². The van der Waals surface area contributed by atoms with Gasteiger partial charge in [-0.2, -0.15) is 0 Å². The first kappa shape index (κ1) is 16.2. The van der Waals surface area contributed by atoms with E-state index in [9.17, 15) is 9.59 Å². The number of ether oxygens (including phenoxy) is 1. The van der Waals surface area contributed by atoms with Crippen molar-refractivity contribution in [2.45, 2.75) is 20.8 Å². The van der Waals surface area contributed by atoms with Gasteiger partial charge in [-0.1, -0.05) is 19.0 Å². The van der Waals surface area contributed by atoms with Gasteiger partial charge in [-0.3, -0.25) is 19.8 Å². The summed E-state index contributed by atoms with van der Waals surface area (Å²) in [7, 11) is 1.36. The minimum atomic E-state index is -0.283. The Morgan fingerprint density at radius 2 is 2.25 bits per heavy atom. The smallest absolute Gasteiger partial charge is 0.309 e. The summed E-state index contributed by atoms with van der Waals surface area (Å²) in [6.07, 6.45) is 0. The molecule has 0 aliphatic heterocycles. The second-order valence-electron chi connectivity index (χ2n) is 4.63. The second kappa shape index (κ2) is 7.64. The van der Waals surface area contributed by atoms with Gasteiger partial charge in [0.05, 0.1) is 25.3 Å². The highest BCUT2D eigenvalue weighted by Crippen LogP contribution is 2.08. The molecule has 0 aliphatic rings. The zero-order chi connectivity index (χ0) is 15.1. The lowest BCUT2D eigenvalue weighted by Crippen LogP contribution is -2.38. The van der Waals surface area contributed by atoms with Crippen LogP contribution in [-0.4, -0.2) is 48.7 Å². The molecule has 20 heavy (non-hydrogen) atoms. The van der Waals surface area contributed by atoms with E-state index < -0.39 is 0 Å². The standard InChI is InChI=1S/C13H21N3O4/c1-5-16(7-9(2)13(18)19-4)8-11(17)14-12-6-10(3)15-20-12/h6,9H,5,7-8H2,1-4H3,(H,14,17)/t9-/m1/s1. The number of nitrogens with zero attached hydrogens (tertiary/aromatic N) is 2. The summed E-state index contributed by atoms with van der Waals surface area (Å²) in [6.45, 7) is 6.77. The van der Waals surface area contributed by atoms with Crippen molar-refractivity contribution in [2.75, 3.05) is 32.1 Å². The van der Waals surface area contributed by atoms with Crippen molar-refractivity contribution >= 4 is 17.8 Å². The van der Waals surface area contributed by atoms with E-state index >= 15 is 0 Å². The molecule has 0 fully saturated rings. The van der Waals surface area contributed by atoms with Crippen molar-refractivity contribution in [1.82, 2.24) is 10.1 Å². The Balaban J connectivity index is 2.47. The predicted molar refractivity (Wildman–Crippen MR) is 73.2 cm³/mol. The monoisotopic (exact) mass is 283 g/mol. The summed E-state index contributed by atoms with van der Waals surface area (Å²) in [4.78, 5) is 25.1. The van der Waals surface area contributed by atoms with Gasteiger partial charge in [0.1, 0.15) is 0 Å². The van der Waals surface area contributed by atoms with Gasteiger partial charge < -0.3 is 9.26 Å². The Morgan fingerprint density at radius 1 is 1.55 bits per heavy atom. The quantitative estimate of drug-likeness (QED) is 0.753. The van der Waals surface area contributed by atoms with Crippen molar-refractivity contribution in [3.05, 3.63) is 11.8 Å². The molecule has 7 heteroatoms. The molecule has 0 bridgehead atoms. The van der Waals surface area contributed by atoms with Crippen LogP contribution in [0.5, 0.6) is 0 Å². The number of aromatic nitrogens is 1. The van der Waals surface area contributed by atoms with Crippen LogP contribution in [0.3, 0.4) is 0 Å². The van der Waals surface area contributed by atoms with E-state index in [0.29, 0.717) is 24.7 Å². The average molecular weight is 283 g/mol. The molecule has 1 amide bonds. The van der Waals surface area contributed by atoms with Gasteiger partial charge in [0, 0.05) is 12.6 Å². The number of nitrogens with one attached hydrogen (secondary N) is 1. The zero-order valence-electron chi connectivity index (χ0n) is 12.3. The zero-order valence-corrected chi connectivity index (χ0v) is 12.3. The van der Waals surface area contributed by atoms with Crippen LogP contribution in [0.2, 0.25) is 0 Å². The molecular weight excluding hydrogens is 262 g/mol. The minimum absolute atomic E-state index is 0.178. The Morgan fingerprint density at radius 3 is 2.75 bits per heavy atom. The van der Waals surface area contributed by atoms with Gasteiger partial charge in [0.15, 0.2) is 0 Å². The first-order chi connectivity index (χ1) is 9.46. The molecule has 0 aromatic carbocycles. The van der Waals surface area contributed by atoms with Crippen molar-refractivity contribution in [3.8, 4) is 0 Å². The number of hydrogen-bond acceptors (Lipinski definition) is 6. The van der Waals surface area contributed by atoms with Gasteiger partial charge in [-0.15, -0.1) is 0 Å². The number of esters is 1. The van der Waals surface area contributed by atoms with Crippen LogP contribution in [-0.2, 0) is 14.3 Å². The van der Waals surface area contributed by atoms with Crippen LogP contribution in [0, 0.1) is 12.8 Å². The molecule has 0 saturated carbocycles. The summed E-state index contributed by atoms with van der Waals surface area (Å²) < 4.78 is 9.58. The van der Waals surface area contributed by atoms with Crippen LogP contribution in [0.4, 0.5) is 5.88 Å². The number of carbonyl (C=O) groups excluding carboxylic acids is 2. The van der Waals surface area contributed by atoms with Crippen molar-refractivity contribution < 1.29 is 18.8 Å². The van der Waals surface area contributed by atoms with Crippen LogP contribution >= 0.6 is 0 Å². The molecule has 1 aromatic heterocycles. The lowest BCUT2D eigenvalue weighted by molar-refractivity contribution is -0.145. The van der Waals surface area contributed by atoms with Crippen LogP contribution in [0.25, 0.3) is 0 Å². The number of aryl methyl sites for hydroxylation is 1. The summed E-state index contributed by atoms with van der Waals surface area (Å²) in [6, 6.07) is 1.64. The van der Waals surface area contributed by atoms with Gasteiger partial charge in [0.25, 0.3) is 0 Å². The summed E-state index contributed by atoms with van der Waals surface area (Å²) in [5.74, 6) is -0.445. The SMILES string of the molecule is CCN(CC(=O)Nc1cc(C)no1)C[C@@H](C)C(=O)OC. The van der Waals surface area contributed by atoms with Crippen molar-refractivity contribution in [3.63, 3.8) is 0 Å². The number of methoxy groups -OCH3 is 1. The Kier molecular flexibility index (Phi) is 6.17. The molecule has 1 rings (SSSR count). The molecule has 0 saturated heterocycles. The fourth-order valence-corrected chi connectivity index (χ4v) is 1.77. The van der Waals surface area contributed by atoms with Crippen LogP contribution < -0.4 is 5.32 Å². The number of rotatable bonds is 7. The molecule has 1 atom stereocenters. The van der Waals surface area contributed by atoms with Gasteiger partial charge in [-0.05, 0) is 13.5 Å². The molecule has 0 radical (unpaired) electrons. The number of likely N-dealkylation sites (N-methyl/N-ethyl adjacent to an activating group) is 1. The maximum absolute atomic E-state index is 11.9. The summed E-state index contributed by atoms with van der Waals surface area (Å²) in [5, 5.41) is 6.31. The molecule has 0 aliphatic carbocycles. The number of anilines is 1. The minimum Gasteiger partial charge on any atom is -0.469 e. The molecule has 0 spiro atoms. The Hall–Kier alpha value is -1.89. The average Bonchev–Trinajstić information content (AvgIpc) is 2.81. The largest absolute Gasteiger partial charge is 0.469 e. The van der Waals surface area contributed by atoms with Crippen molar-refractivity contribution in [2.24, 2.45) is 5.92 Å². The highest BCUT2D eigenvalue weighted by atomic mass is 16.5. The third-order valence-electron chi connectivity index (χ3n) is 2.84. The normalized spacial score (nSPS) is 12.2. The second-order valence-corrected chi connectivity index (χ2v) is 4.63. The van der Waals surface area contributed by atoms with E-state index in [1.165, 1.54) is 7.11 Å². The highest BCUT2D eigenvalue weighted by Gasteiger charge is 2.19. The summed E-state index contributed by atoms with van der Waals surface area (Å²) in [5.41, 5.74) is 0.701. The van der Waals surface area contributed by atoms with E-state index in [0.717, 1.165) is 0 Å². The highest BCUT2D eigenvalue weighted by molar-refractivity contribution is 5.91. The van der Waals surface area contributed by atoms with E-state index in [4.69, 9.17) is 4.52 Å². The third-order valence-corrected chi connectivity index (χ3v) is 2.84. The van der Waals surface area contributed by atoms with Gasteiger partial charge in [-0.25, -0.2) is 0 Å². The molecule has 1 N–H and O–H groups in total. The van der Waals surface area contributed by atoms with E-state index in [1.807, 2.05) is 11.8 Å². The number of carbonyl (C=O) groups is 2. The number of amides is 1. The molecule has 1 heterocycles. The third kappa shape index (κ3) is 5.00. The number of hydrogen-bond donors (Lipinski definition) is 1. The van der Waals surface area contributed by atoms with Crippen LogP contribution in [0.15, 0.2) is 10.6 Å². The first-order valence-electron chi connectivity index (χ1n) is 6.49. The van der Waals surface area contributed by atoms with Crippen molar-refractivity contribution in [1.29, 1.82) is 0 Å². The Bertz CT molecular complexity index is 458. The lowest BCUT2D eigenvalue weighted by atomic mass is 10.1. The summed E-state index contributed by atoms with van der Waals surface area (Å²) >= 11 is 0. The maximum atomic E-state index is 11.9. The van der Waals surface area contributed by atoms with E-state index in [-0.39, 0.29) is 24.3 Å². The first-order valence-corrected chi connectivity index (χ1v) is 6.49. The fourth-order valence-electron chi connectivity index (χ4n) is 1.77. The molecule has 112 valence electrons.